The Morgan fingerprint density at radius 2 is 1.88 bits per heavy atom. The number of aromatic hydroxyl groups is 1. The van der Waals surface area contributed by atoms with E-state index < -0.39 is 0 Å². The Morgan fingerprint density at radius 1 is 1.25 bits per heavy atom. The molecule has 0 saturated carbocycles. The number of hydrogen-bond acceptors (Lipinski definition) is 2. The molecule has 1 atom stereocenters. The van der Waals surface area contributed by atoms with Crippen LogP contribution in [-0.4, -0.2) is 19.2 Å². The zero-order chi connectivity index (χ0) is 12.3. The van der Waals surface area contributed by atoms with E-state index in [4.69, 9.17) is 0 Å². The summed E-state index contributed by atoms with van der Waals surface area (Å²) in [6.45, 7) is 6.59. The van der Waals surface area contributed by atoms with Crippen molar-refractivity contribution >= 4 is 5.69 Å². The van der Waals surface area contributed by atoms with Crippen molar-refractivity contribution < 1.29 is 5.11 Å². The highest BCUT2D eigenvalue weighted by Gasteiger charge is 2.21. The Hall–Kier alpha value is -1.18. The lowest BCUT2D eigenvalue weighted by Gasteiger charge is -2.26. The standard InChI is InChI=1S/C14H23NO/c1-6-11(10(2)3)14-12(15(4)5)8-7-9-13(14)16/h7-11,16H,6H2,1-5H3/t11-/m1/s1. The van der Waals surface area contributed by atoms with Gasteiger partial charge in [0.1, 0.15) is 5.75 Å². The van der Waals surface area contributed by atoms with Crippen LogP contribution < -0.4 is 4.90 Å². The lowest BCUT2D eigenvalue weighted by atomic mass is 9.84. The molecule has 0 heterocycles. The fourth-order valence-corrected chi connectivity index (χ4v) is 2.32. The van der Waals surface area contributed by atoms with E-state index in [-0.39, 0.29) is 0 Å². The number of rotatable bonds is 4. The molecular weight excluding hydrogens is 198 g/mol. The molecule has 0 bridgehead atoms. The molecular formula is C14H23NO. The fourth-order valence-electron chi connectivity index (χ4n) is 2.32. The average molecular weight is 221 g/mol. The molecule has 1 aromatic carbocycles. The highest BCUT2D eigenvalue weighted by Crippen LogP contribution is 2.39. The van der Waals surface area contributed by atoms with Gasteiger partial charge in [-0.25, -0.2) is 0 Å². The van der Waals surface area contributed by atoms with E-state index in [1.54, 1.807) is 6.07 Å². The minimum atomic E-state index is 0.415. The quantitative estimate of drug-likeness (QED) is 0.839. The van der Waals surface area contributed by atoms with Crippen LogP contribution in [0.25, 0.3) is 0 Å². The Labute approximate surface area is 98.9 Å². The smallest absolute Gasteiger partial charge is 0.121 e. The van der Waals surface area contributed by atoms with Gasteiger partial charge in [0.25, 0.3) is 0 Å². The summed E-state index contributed by atoms with van der Waals surface area (Å²) in [5, 5.41) is 10.1. The number of phenols is 1. The molecule has 1 N–H and O–H groups in total. The highest BCUT2D eigenvalue weighted by molar-refractivity contribution is 5.60. The predicted molar refractivity (Wildman–Crippen MR) is 70.3 cm³/mol. The van der Waals surface area contributed by atoms with Crippen LogP contribution in [0.2, 0.25) is 0 Å². The maximum absolute atomic E-state index is 10.1. The van der Waals surface area contributed by atoms with Crippen molar-refractivity contribution in [2.75, 3.05) is 19.0 Å². The third-order valence-electron chi connectivity index (χ3n) is 3.16. The van der Waals surface area contributed by atoms with Gasteiger partial charge in [0.05, 0.1) is 0 Å². The fraction of sp³-hybridized carbons (Fsp3) is 0.571. The lowest BCUT2D eigenvalue weighted by Crippen LogP contribution is -2.15. The minimum absolute atomic E-state index is 0.415. The van der Waals surface area contributed by atoms with E-state index in [0.29, 0.717) is 17.6 Å². The van der Waals surface area contributed by atoms with Crippen LogP contribution in [0.15, 0.2) is 18.2 Å². The first-order chi connectivity index (χ1) is 7.49. The summed E-state index contributed by atoms with van der Waals surface area (Å²) in [6.07, 6.45) is 1.05. The molecule has 0 amide bonds. The summed E-state index contributed by atoms with van der Waals surface area (Å²) in [4.78, 5) is 2.07. The van der Waals surface area contributed by atoms with E-state index in [2.05, 4.69) is 31.7 Å². The molecule has 2 heteroatoms. The van der Waals surface area contributed by atoms with Crippen molar-refractivity contribution in [3.63, 3.8) is 0 Å². The van der Waals surface area contributed by atoms with E-state index in [1.807, 2.05) is 20.2 Å². The van der Waals surface area contributed by atoms with Crippen molar-refractivity contribution in [3.05, 3.63) is 23.8 Å². The third-order valence-corrected chi connectivity index (χ3v) is 3.16. The summed E-state index contributed by atoms with van der Waals surface area (Å²) in [5.74, 6) is 1.38. The second-order valence-electron chi connectivity index (χ2n) is 4.86. The van der Waals surface area contributed by atoms with Crippen LogP contribution in [0.5, 0.6) is 5.75 Å². The molecule has 0 aromatic heterocycles. The van der Waals surface area contributed by atoms with Gasteiger partial charge < -0.3 is 10.0 Å². The van der Waals surface area contributed by atoms with E-state index >= 15 is 0 Å². The second kappa shape index (κ2) is 5.24. The first-order valence-corrected chi connectivity index (χ1v) is 5.98. The van der Waals surface area contributed by atoms with Gasteiger partial charge >= 0.3 is 0 Å². The van der Waals surface area contributed by atoms with Crippen molar-refractivity contribution in [1.29, 1.82) is 0 Å². The number of benzene rings is 1. The van der Waals surface area contributed by atoms with Gasteiger partial charge in [0.15, 0.2) is 0 Å². The number of anilines is 1. The summed E-state index contributed by atoms with van der Waals surface area (Å²) >= 11 is 0. The average Bonchev–Trinajstić information content (AvgIpc) is 2.20. The molecule has 90 valence electrons. The van der Waals surface area contributed by atoms with Crippen LogP contribution in [0.3, 0.4) is 0 Å². The van der Waals surface area contributed by atoms with Crippen molar-refractivity contribution in [1.82, 2.24) is 0 Å². The van der Waals surface area contributed by atoms with Crippen LogP contribution >= 0.6 is 0 Å². The van der Waals surface area contributed by atoms with Gasteiger partial charge in [0.2, 0.25) is 0 Å². The Bertz CT molecular complexity index is 345. The monoisotopic (exact) mass is 221 g/mol. The summed E-state index contributed by atoms with van der Waals surface area (Å²) in [5.41, 5.74) is 2.21. The predicted octanol–water partition coefficient (Wildman–Crippen LogP) is 3.61. The molecule has 0 spiro atoms. The normalized spacial score (nSPS) is 12.9. The van der Waals surface area contributed by atoms with E-state index in [0.717, 1.165) is 17.7 Å². The highest BCUT2D eigenvalue weighted by atomic mass is 16.3. The first-order valence-electron chi connectivity index (χ1n) is 5.98. The summed E-state index contributed by atoms with van der Waals surface area (Å²) < 4.78 is 0. The molecule has 0 fully saturated rings. The van der Waals surface area contributed by atoms with Crippen molar-refractivity contribution in [2.24, 2.45) is 5.92 Å². The van der Waals surface area contributed by atoms with Gasteiger partial charge in [-0.3, -0.25) is 0 Å². The molecule has 1 rings (SSSR count). The second-order valence-corrected chi connectivity index (χ2v) is 4.86. The van der Waals surface area contributed by atoms with Gasteiger partial charge in [0, 0.05) is 25.3 Å². The molecule has 1 aromatic rings. The summed E-state index contributed by atoms with van der Waals surface area (Å²) in [7, 11) is 4.04. The number of hydrogen-bond donors (Lipinski definition) is 1. The molecule has 2 nitrogen and oxygen atoms in total. The minimum Gasteiger partial charge on any atom is -0.508 e. The zero-order valence-electron chi connectivity index (χ0n) is 11.0. The number of phenolic OH excluding ortho intramolecular Hbond substituents is 1. The molecule has 0 unspecified atom stereocenters. The van der Waals surface area contributed by atoms with Crippen molar-refractivity contribution in [2.45, 2.75) is 33.1 Å². The van der Waals surface area contributed by atoms with Gasteiger partial charge in [-0.2, -0.15) is 0 Å². The maximum Gasteiger partial charge on any atom is 0.121 e. The van der Waals surface area contributed by atoms with Crippen LogP contribution in [0, 0.1) is 5.92 Å². The topological polar surface area (TPSA) is 23.5 Å². The van der Waals surface area contributed by atoms with Gasteiger partial charge in [-0.15, -0.1) is 0 Å². The van der Waals surface area contributed by atoms with Gasteiger partial charge in [-0.05, 0) is 30.4 Å². The van der Waals surface area contributed by atoms with Gasteiger partial charge in [-0.1, -0.05) is 26.8 Å². The maximum atomic E-state index is 10.1. The lowest BCUT2D eigenvalue weighted by molar-refractivity contribution is 0.430. The summed E-state index contributed by atoms with van der Waals surface area (Å²) in [6, 6.07) is 5.76. The SMILES string of the molecule is CC[C@@H](c1c(O)cccc1N(C)C)C(C)C. The Kier molecular flexibility index (Phi) is 4.22. The third kappa shape index (κ3) is 2.49. The molecule has 0 aliphatic carbocycles. The Morgan fingerprint density at radius 3 is 2.31 bits per heavy atom. The van der Waals surface area contributed by atoms with Crippen molar-refractivity contribution in [3.8, 4) is 5.75 Å². The Balaban J connectivity index is 3.28. The van der Waals surface area contributed by atoms with Crippen LogP contribution in [0.1, 0.15) is 38.7 Å². The molecule has 0 saturated heterocycles. The number of nitrogens with zero attached hydrogens (tertiary/aromatic N) is 1. The van der Waals surface area contributed by atoms with Crippen LogP contribution in [-0.2, 0) is 0 Å². The molecule has 16 heavy (non-hydrogen) atoms. The van der Waals surface area contributed by atoms with E-state index in [9.17, 15) is 5.11 Å². The zero-order valence-corrected chi connectivity index (χ0v) is 11.0. The van der Waals surface area contributed by atoms with Crippen LogP contribution in [0.4, 0.5) is 5.69 Å². The molecule has 0 aliphatic rings. The molecule has 0 radical (unpaired) electrons. The molecule has 0 aliphatic heterocycles. The largest absolute Gasteiger partial charge is 0.508 e. The first kappa shape index (κ1) is 12.9. The van der Waals surface area contributed by atoms with E-state index in [1.165, 1.54) is 0 Å².